The first kappa shape index (κ1) is 17.0. The van der Waals surface area contributed by atoms with Crippen LogP contribution in [0.1, 0.15) is 40.4 Å². The molecule has 23 heavy (non-hydrogen) atoms. The number of Topliss-reactive ketones (excluding diaryl/α,β-unsaturated/α-hetero) is 1. The second-order valence-electron chi connectivity index (χ2n) is 5.13. The molecule has 0 atom stereocenters. The van der Waals surface area contributed by atoms with Crippen LogP contribution >= 0.6 is 11.3 Å². The first-order valence-electron chi connectivity index (χ1n) is 7.02. The van der Waals surface area contributed by atoms with Crippen molar-refractivity contribution in [2.75, 3.05) is 0 Å². The SMILES string of the molecule is CC(=N)c1ccc(OC(=O)c2ccc(CCC(C)=O)s2)c(F)c1. The molecule has 0 fully saturated rings. The summed E-state index contributed by atoms with van der Waals surface area (Å²) in [6, 6.07) is 7.40. The third kappa shape index (κ3) is 4.56. The van der Waals surface area contributed by atoms with Crippen molar-refractivity contribution in [1.29, 1.82) is 5.41 Å². The molecule has 120 valence electrons. The molecule has 4 nitrogen and oxygen atoms in total. The van der Waals surface area contributed by atoms with E-state index < -0.39 is 11.8 Å². The quantitative estimate of drug-likeness (QED) is 0.493. The molecule has 0 spiro atoms. The number of ketones is 1. The lowest BCUT2D eigenvalue weighted by Gasteiger charge is -2.05. The van der Waals surface area contributed by atoms with Gasteiger partial charge in [0.1, 0.15) is 10.7 Å². The Hall–Kier alpha value is -2.34. The molecule has 1 aromatic carbocycles. The summed E-state index contributed by atoms with van der Waals surface area (Å²) in [5, 5.41) is 7.45. The Labute approximate surface area is 137 Å². The summed E-state index contributed by atoms with van der Waals surface area (Å²) in [6.07, 6.45) is 1.00. The number of carbonyl (C=O) groups is 2. The van der Waals surface area contributed by atoms with Gasteiger partial charge in [-0.25, -0.2) is 9.18 Å². The molecule has 0 saturated carbocycles. The molecular weight excluding hydrogens is 317 g/mol. The number of hydrogen-bond acceptors (Lipinski definition) is 5. The fraction of sp³-hybridized carbons (Fsp3) is 0.235. The van der Waals surface area contributed by atoms with Gasteiger partial charge < -0.3 is 14.9 Å². The average molecular weight is 333 g/mol. The van der Waals surface area contributed by atoms with Crippen LogP contribution in [-0.4, -0.2) is 17.5 Å². The van der Waals surface area contributed by atoms with Crippen LogP contribution in [0.4, 0.5) is 4.39 Å². The third-order valence-corrected chi connectivity index (χ3v) is 4.28. The maximum absolute atomic E-state index is 13.9. The first-order chi connectivity index (χ1) is 10.9. The van der Waals surface area contributed by atoms with Crippen molar-refractivity contribution in [2.45, 2.75) is 26.7 Å². The molecule has 0 unspecified atom stereocenters. The first-order valence-corrected chi connectivity index (χ1v) is 7.84. The zero-order valence-corrected chi connectivity index (χ0v) is 13.6. The van der Waals surface area contributed by atoms with Crippen molar-refractivity contribution in [3.8, 4) is 5.75 Å². The molecule has 0 aliphatic rings. The number of benzene rings is 1. The highest BCUT2D eigenvalue weighted by Crippen LogP contribution is 2.23. The molecule has 1 aromatic heterocycles. The predicted octanol–water partition coefficient (Wildman–Crippen LogP) is 4.02. The summed E-state index contributed by atoms with van der Waals surface area (Å²) in [5.41, 5.74) is 0.667. The van der Waals surface area contributed by atoms with Gasteiger partial charge in [-0.05, 0) is 56.2 Å². The number of hydrogen-bond donors (Lipinski definition) is 1. The summed E-state index contributed by atoms with van der Waals surface area (Å²) in [7, 11) is 0. The van der Waals surface area contributed by atoms with Gasteiger partial charge in [0.25, 0.3) is 0 Å². The van der Waals surface area contributed by atoms with E-state index in [4.69, 9.17) is 10.1 Å². The lowest BCUT2D eigenvalue weighted by atomic mass is 10.1. The fourth-order valence-corrected chi connectivity index (χ4v) is 2.77. The maximum atomic E-state index is 13.9. The minimum Gasteiger partial charge on any atom is -0.419 e. The van der Waals surface area contributed by atoms with E-state index >= 15 is 0 Å². The lowest BCUT2D eigenvalue weighted by Crippen LogP contribution is -2.08. The van der Waals surface area contributed by atoms with E-state index in [1.165, 1.54) is 30.4 Å². The van der Waals surface area contributed by atoms with Crippen molar-refractivity contribution >= 4 is 28.8 Å². The van der Waals surface area contributed by atoms with Crippen LogP contribution in [0.2, 0.25) is 0 Å². The number of thiophene rings is 1. The van der Waals surface area contributed by atoms with Crippen LogP contribution in [0, 0.1) is 11.2 Å². The summed E-state index contributed by atoms with van der Waals surface area (Å²) >= 11 is 1.23. The third-order valence-electron chi connectivity index (χ3n) is 3.15. The molecule has 2 aromatic rings. The van der Waals surface area contributed by atoms with Gasteiger partial charge in [0.2, 0.25) is 0 Å². The van der Waals surface area contributed by atoms with Crippen molar-refractivity contribution in [2.24, 2.45) is 0 Å². The molecule has 0 radical (unpaired) electrons. The van der Waals surface area contributed by atoms with E-state index in [0.29, 0.717) is 23.3 Å². The van der Waals surface area contributed by atoms with E-state index in [9.17, 15) is 14.0 Å². The Morgan fingerprint density at radius 1 is 1.22 bits per heavy atom. The summed E-state index contributed by atoms with van der Waals surface area (Å²) in [6.45, 7) is 3.07. The number of rotatable bonds is 6. The van der Waals surface area contributed by atoms with Crippen LogP contribution in [0.25, 0.3) is 0 Å². The zero-order chi connectivity index (χ0) is 17.0. The fourth-order valence-electron chi connectivity index (χ4n) is 1.89. The van der Waals surface area contributed by atoms with E-state index in [1.54, 1.807) is 19.1 Å². The van der Waals surface area contributed by atoms with Crippen LogP contribution in [-0.2, 0) is 11.2 Å². The molecule has 0 amide bonds. The van der Waals surface area contributed by atoms with Gasteiger partial charge >= 0.3 is 5.97 Å². The van der Waals surface area contributed by atoms with Crippen LogP contribution < -0.4 is 4.74 Å². The zero-order valence-electron chi connectivity index (χ0n) is 12.8. The van der Waals surface area contributed by atoms with Gasteiger partial charge in [-0.3, -0.25) is 0 Å². The van der Waals surface area contributed by atoms with E-state index in [0.717, 1.165) is 10.9 Å². The predicted molar refractivity (Wildman–Crippen MR) is 87.2 cm³/mol. The average Bonchev–Trinajstić information content (AvgIpc) is 2.96. The smallest absolute Gasteiger partial charge is 0.353 e. The van der Waals surface area contributed by atoms with E-state index in [-0.39, 0.29) is 17.2 Å². The van der Waals surface area contributed by atoms with Crippen LogP contribution in [0.15, 0.2) is 30.3 Å². The van der Waals surface area contributed by atoms with Crippen LogP contribution in [0.3, 0.4) is 0 Å². The second-order valence-corrected chi connectivity index (χ2v) is 6.30. The molecule has 0 aliphatic heterocycles. The van der Waals surface area contributed by atoms with Gasteiger partial charge in [0.05, 0.1) is 0 Å². The molecule has 0 aliphatic carbocycles. The standard InChI is InChI=1S/C17H16FNO3S/c1-10(20)3-5-13-6-8-16(23-13)17(21)22-15-7-4-12(11(2)19)9-14(15)18/h4,6-9,19H,3,5H2,1-2H3. The molecular formula is C17H16FNO3S. The lowest BCUT2D eigenvalue weighted by molar-refractivity contribution is -0.116. The normalized spacial score (nSPS) is 10.4. The van der Waals surface area contributed by atoms with Crippen molar-refractivity contribution < 1.29 is 18.7 Å². The Morgan fingerprint density at radius 3 is 2.57 bits per heavy atom. The van der Waals surface area contributed by atoms with Gasteiger partial charge in [-0.1, -0.05) is 0 Å². The Kier molecular flexibility index (Phi) is 5.39. The molecule has 6 heteroatoms. The van der Waals surface area contributed by atoms with Gasteiger partial charge in [0, 0.05) is 17.0 Å². The number of carbonyl (C=O) groups excluding carboxylic acids is 2. The monoisotopic (exact) mass is 333 g/mol. The highest BCUT2D eigenvalue weighted by atomic mass is 32.1. The molecule has 0 bridgehead atoms. The van der Waals surface area contributed by atoms with Gasteiger partial charge in [-0.15, -0.1) is 11.3 Å². The Bertz CT molecular complexity index is 767. The highest BCUT2D eigenvalue weighted by Gasteiger charge is 2.15. The van der Waals surface area contributed by atoms with Gasteiger partial charge in [-0.2, -0.15) is 0 Å². The van der Waals surface area contributed by atoms with E-state index in [2.05, 4.69) is 0 Å². The minimum absolute atomic E-state index is 0.0891. The van der Waals surface area contributed by atoms with Gasteiger partial charge in [0.15, 0.2) is 11.6 Å². The molecule has 0 saturated heterocycles. The molecule has 1 heterocycles. The topological polar surface area (TPSA) is 67.2 Å². The van der Waals surface area contributed by atoms with Crippen LogP contribution in [0.5, 0.6) is 5.75 Å². The summed E-state index contributed by atoms with van der Waals surface area (Å²) in [5.74, 6) is -1.40. The minimum atomic E-state index is -0.684. The molecule has 2 rings (SSSR count). The summed E-state index contributed by atoms with van der Waals surface area (Å²) < 4.78 is 19.0. The highest BCUT2D eigenvalue weighted by molar-refractivity contribution is 7.13. The number of esters is 1. The number of nitrogens with one attached hydrogen (secondary N) is 1. The van der Waals surface area contributed by atoms with Crippen molar-refractivity contribution in [3.63, 3.8) is 0 Å². The molecule has 1 N–H and O–H groups in total. The number of ether oxygens (including phenoxy) is 1. The van der Waals surface area contributed by atoms with E-state index in [1.807, 2.05) is 0 Å². The Balaban J connectivity index is 2.07. The maximum Gasteiger partial charge on any atom is 0.353 e. The number of halogens is 1. The largest absolute Gasteiger partial charge is 0.419 e. The second kappa shape index (κ2) is 7.28. The van der Waals surface area contributed by atoms with Crippen molar-refractivity contribution in [1.82, 2.24) is 0 Å². The van der Waals surface area contributed by atoms with Crippen molar-refractivity contribution in [3.05, 3.63) is 51.5 Å². The number of aryl methyl sites for hydroxylation is 1. The Morgan fingerprint density at radius 2 is 1.96 bits per heavy atom. The summed E-state index contributed by atoms with van der Waals surface area (Å²) in [4.78, 5) is 24.3.